The average Bonchev–Trinajstić information content (AvgIpc) is 4.15. The van der Waals surface area contributed by atoms with E-state index in [1.54, 1.807) is 12.5 Å². The summed E-state index contributed by atoms with van der Waals surface area (Å²) in [5.74, 6) is 4.41. The number of para-hydroxylation sites is 6. The number of ether oxygens (including phenoxy) is 1. The lowest BCUT2D eigenvalue weighted by atomic mass is 9.67. The van der Waals surface area contributed by atoms with E-state index in [-0.39, 0.29) is 0 Å². The zero-order valence-corrected chi connectivity index (χ0v) is 34.2. The fraction of sp³-hybridized carbons (Fsp3) is 0.0556. The van der Waals surface area contributed by atoms with Crippen molar-refractivity contribution in [1.29, 1.82) is 0 Å². The molecule has 292 valence electrons. The molecule has 0 saturated heterocycles. The van der Waals surface area contributed by atoms with Gasteiger partial charge < -0.3 is 13.6 Å². The van der Waals surface area contributed by atoms with Crippen LogP contribution in [0.25, 0.3) is 33.5 Å². The molecule has 0 unspecified atom stereocenters. The third kappa shape index (κ3) is 5.37. The summed E-state index contributed by atoms with van der Waals surface area (Å²) >= 11 is 0. The van der Waals surface area contributed by atoms with Crippen LogP contribution in [-0.2, 0) is 18.3 Å². The number of furan rings is 2. The maximum Gasteiger partial charge on any atom is 0.220 e. The zero-order valence-electron chi connectivity index (χ0n) is 33.2. The molecule has 0 aliphatic carbocycles. The molecule has 1 aliphatic rings. The van der Waals surface area contributed by atoms with Crippen LogP contribution in [0.4, 0.5) is 0 Å². The fourth-order valence-electron chi connectivity index (χ4n) is 10.2. The Labute approximate surface area is 353 Å². The monoisotopic (exact) mass is 805 g/mol. The predicted octanol–water partition coefficient (Wildman–Crippen LogP) is 9.87. The Balaban J connectivity index is 1.17. The third-order valence-electron chi connectivity index (χ3n) is 12.7. The number of fused-ring (bicyclic) bond motifs is 7. The number of benzene rings is 7. The normalized spacial score (nSPS) is 13.3. The highest BCUT2D eigenvalue weighted by atomic mass is 28.3. The minimum Gasteiger partial charge on any atom is -0.469 e. The standard InChI is InChI=1S/C54H39N3O3Si/c1-3-20-41(21-4-1)61(42-22-5-2-6-23-42,43-24-13-17-38(35-43)56-48-29-10-11-30-49(48)57-47-28-9-8-27-46(47)55-53(56)57)51-32-14-26-45-52(51)60-50-31-12-7-25-44(50)54(45,36-39-18-15-33-58-39)37-40-19-16-34-59-40/h1-35H,36-37H2. The number of imidazole rings is 2. The second-order valence-electron chi connectivity index (χ2n) is 16.0. The summed E-state index contributed by atoms with van der Waals surface area (Å²) in [5, 5.41) is 4.91. The van der Waals surface area contributed by atoms with Crippen LogP contribution in [0.3, 0.4) is 0 Å². The Kier molecular flexibility index (Phi) is 8.11. The van der Waals surface area contributed by atoms with Crippen molar-refractivity contribution in [2.45, 2.75) is 18.3 Å². The molecule has 0 fully saturated rings. The predicted molar refractivity (Wildman–Crippen MR) is 245 cm³/mol. The first-order valence-corrected chi connectivity index (χ1v) is 22.8. The van der Waals surface area contributed by atoms with Gasteiger partial charge in [-0.15, -0.1) is 0 Å². The molecule has 0 saturated carbocycles. The molecule has 0 spiro atoms. The smallest absolute Gasteiger partial charge is 0.220 e. The van der Waals surface area contributed by atoms with E-state index < -0.39 is 13.5 Å². The molecule has 0 bridgehead atoms. The lowest BCUT2D eigenvalue weighted by Gasteiger charge is -2.43. The number of aromatic nitrogens is 3. The quantitative estimate of drug-likeness (QED) is 0.108. The maximum atomic E-state index is 7.38. The zero-order chi connectivity index (χ0) is 40.4. The first-order chi connectivity index (χ1) is 30.2. The SMILES string of the molecule is c1ccc([Si](c2ccccc2)(c2cccc(-n3c4ccccc4n4c5ccccc5nc34)c2)c2cccc3c2Oc2ccccc2C3(Cc2ccco2)Cc2ccco2)cc1. The van der Waals surface area contributed by atoms with E-state index in [0.717, 1.165) is 67.7 Å². The topological polar surface area (TPSA) is 57.7 Å². The van der Waals surface area contributed by atoms with Crippen LogP contribution >= 0.6 is 0 Å². The minimum absolute atomic E-state index is 0.580. The van der Waals surface area contributed by atoms with Gasteiger partial charge in [-0.25, -0.2) is 4.98 Å². The highest BCUT2D eigenvalue weighted by molar-refractivity contribution is 7.20. The van der Waals surface area contributed by atoms with Gasteiger partial charge in [0.05, 0.1) is 34.6 Å². The van der Waals surface area contributed by atoms with Crippen molar-refractivity contribution in [2.75, 3.05) is 0 Å². The number of hydrogen-bond acceptors (Lipinski definition) is 4. The van der Waals surface area contributed by atoms with Crippen LogP contribution in [0.5, 0.6) is 11.5 Å². The molecule has 4 aromatic heterocycles. The summed E-state index contributed by atoms with van der Waals surface area (Å²) in [5.41, 5.74) is 6.94. The van der Waals surface area contributed by atoms with E-state index in [2.05, 4.69) is 197 Å². The molecule has 11 aromatic rings. The maximum absolute atomic E-state index is 7.38. The van der Waals surface area contributed by atoms with Gasteiger partial charge in [-0.1, -0.05) is 133 Å². The molecular weight excluding hydrogens is 767 g/mol. The van der Waals surface area contributed by atoms with Gasteiger partial charge in [-0.05, 0) is 87.5 Å². The second-order valence-corrected chi connectivity index (χ2v) is 19.7. The highest BCUT2D eigenvalue weighted by Crippen LogP contribution is 2.51. The van der Waals surface area contributed by atoms with E-state index in [1.165, 1.54) is 20.7 Å². The van der Waals surface area contributed by atoms with Gasteiger partial charge in [0.25, 0.3) is 0 Å². The Morgan fingerprint density at radius 2 is 1.08 bits per heavy atom. The second kappa shape index (κ2) is 14.0. The van der Waals surface area contributed by atoms with Gasteiger partial charge >= 0.3 is 0 Å². The van der Waals surface area contributed by atoms with E-state index in [9.17, 15) is 0 Å². The molecule has 1 aliphatic heterocycles. The third-order valence-corrected chi connectivity index (χ3v) is 17.5. The fourth-order valence-corrected chi connectivity index (χ4v) is 15.1. The summed E-state index contributed by atoms with van der Waals surface area (Å²) in [6, 6.07) is 71.7. The average molecular weight is 806 g/mol. The summed E-state index contributed by atoms with van der Waals surface area (Å²) in [7, 11) is -3.24. The van der Waals surface area contributed by atoms with Crippen LogP contribution in [0, 0.1) is 0 Å². The highest BCUT2D eigenvalue weighted by Gasteiger charge is 2.49. The van der Waals surface area contributed by atoms with E-state index in [0.29, 0.717) is 12.8 Å². The van der Waals surface area contributed by atoms with E-state index in [4.69, 9.17) is 18.6 Å². The Hall–Kier alpha value is -7.61. The molecule has 6 nitrogen and oxygen atoms in total. The van der Waals surface area contributed by atoms with Gasteiger partial charge in [0, 0.05) is 35.1 Å². The number of rotatable bonds is 9. The van der Waals surface area contributed by atoms with Crippen molar-refractivity contribution in [2.24, 2.45) is 0 Å². The van der Waals surface area contributed by atoms with Crippen molar-refractivity contribution in [3.8, 4) is 17.2 Å². The van der Waals surface area contributed by atoms with Crippen LogP contribution < -0.4 is 25.5 Å². The summed E-state index contributed by atoms with van der Waals surface area (Å²) in [6.07, 6.45) is 4.77. The number of hydrogen-bond donors (Lipinski definition) is 0. The van der Waals surface area contributed by atoms with E-state index in [1.807, 2.05) is 12.1 Å². The molecule has 0 amide bonds. The van der Waals surface area contributed by atoms with Crippen molar-refractivity contribution >= 4 is 56.7 Å². The largest absolute Gasteiger partial charge is 0.469 e. The van der Waals surface area contributed by atoms with Gasteiger partial charge in [0.15, 0.2) is 8.07 Å². The summed E-state index contributed by atoms with van der Waals surface area (Å²) < 4.78 is 24.3. The van der Waals surface area contributed by atoms with Gasteiger partial charge in [0.2, 0.25) is 5.78 Å². The first kappa shape index (κ1) is 35.3. The summed E-state index contributed by atoms with van der Waals surface area (Å²) in [4.78, 5) is 5.25. The lowest BCUT2D eigenvalue weighted by molar-refractivity contribution is 0.347. The number of nitrogens with zero attached hydrogens (tertiary/aromatic N) is 3. The van der Waals surface area contributed by atoms with Gasteiger partial charge in [0.1, 0.15) is 23.0 Å². The molecule has 61 heavy (non-hydrogen) atoms. The molecule has 12 rings (SSSR count). The molecule has 0 N–H and O–H groups in total. The summed E-state index contributed by atoms with van der Waals surface area (Å²) in [6.45, 7) is 0. The first-order valence-electron chi connectivity index (χ1n) is 20.8. The van der Waals surface area contributed by atoms with Crippen molar-refractivity contribution in [1.82, 2.24) is 14.0 Å². The molecule has 7 aromatic carbocycles. The van der Waals surface area contributed by atoms with Crippen LogP contribution in [0.1, 0.15) is 22.6 Å². The molecule has 5 heterocycles. The molecule has 7 heteroatoms. The molecule has 0 radical (unpaired) electrons. The van der Waals surface area contributed by atoms with E-state index >= 15 is 0 Å². The van der Waals surface area contributed by atoms with Crippen LogP contribution in [0.2, 0.25) is 0 Å². The minimum atomic E-state index is -3.24. The lowest BCUT2D eigenvalue weighted by Crippen LogP contribution is -2.75. The Morgan fingerprint density at radius 1 is 0.492 bits per heavy atom. The van der Waals surface area contributed by atoms with Crippen molar-refractivity contribution < 1.29 is 13.6 Å². The van der Waals surface area contributed by atoms with Crippen LogP contribution in [0.15, 0.2) is 222 Å². The van der Waals surface area contributed by atoms with Crippen molar-refractivity contribution in [3.63, 3.8) is 0 Å². The Morgan fingerprint density at radius 3 is 1.79 bits per heavy atom. The van der Waals surface area contributed by atoms with Crippen molar-refractivity contribution in [3.05, 3.63) is 235 Å². The molecular formula is C54H39N3O3Si. The van der Waals surface area contributed by atoms with Gasteiger partial charge in [-0.2, -0.15) is 0 Å². The molecule has 0 atom stereocenters. The Bertz CT molecular complexity index is 3270. The van der Waals surface area contributed by atoms with Crippen LogP contribution in [-0.4, -0.2) is 22.0 Å². The van der Waals surface area contributed by atoms with Gasteiger partial charge in [-0.3, -0.25) is 8.97 Å².